The van der Waals surface area contributed by atoms with E-state index in [1.54, 1.807) is 13.0 Å². The lowest BCUT2D eigenvalue weighted by molar-refractivity contribution is -0.546. The summed E-state index contributed by atoms with van der Waals surface area (Å²) in [6.45, 7) is 1.83. The molecule has 14 heteroatoms. The van der Waals surface area contributed by atoms with Gasteiger partial charge in [-0.3, -0.25) is 4.79 Å². The maximum Gasteiger partial charge on any atom is 0.485 e. The number of aromatic nitrogens is 3. The number of benzene rings is 2. The number of phenols is 1. The third kappa shape index (κ3) is 4.70. The number of aromatic amines is 1. The van der Waals surface area contributed by atoms with Crippen LogP contribution >= 0.6 is 0 Å². The number of ether oxygens (including phenoxy) is 1. The molecule has 0 radical (unpaired) electrons. The number of hydrogen-bond acceptors (Lipinski definition) is 11. The van der Waals surface area contributed by atoms with Gasteiger partial charge in [0.05, 0.1) is 5.39 Å². The molecule has 13 nitrogen and oxygen atoms in total. The lowest BCUT2D eigenvalue weighted by atomic mass is 9.96. The number of nitrogens with one attached hydrogen (secondary N) is 1. The number of likely N-dealkylation sites (tertiary alicyclic amines) is 1. The Morgan fingerprint density at radius 2 is 1.86 bits per heavy atom. The molecule has 194 valence electrons. The average Bonchev–Trinajstić information content (AvgIpc) is 3.25. The predicted molar refractivity (Wildman–Crippen MR) is 123 cm³/mol. The van der Waals surface area contributed by atoms with Gasteiger partial charge in [-0.15, -0.1) is 4.89 Å². The van der Waals surface area contributed by atoms with E-state index in [0.717, 1.165) is 4.90 Å². The molecule has 0 saturated carbocycles. The quantitative estimate of drug-likeness (QED) is 0.152. The Morgan fingerprint density at radius 3 is 2.57 bits per heavy atom. The number of halogens is 1. The first-order chi connectivity index (χ1) is 17.5. The van der Waals surface area contributed by atoms with E-state index >= 15 is 4.39 Å². The topological polar surface area (TPSA) is 191 Å². The fourth-order valence-corrected chi connectivity index (χ4v) is 4.40. The molecule has 37 heavy (non-hydrogen) atoms. The highest BCUT2D eigenvalue weighted by atomic mass is 19.1. The van der Waals surface area contributed by atoms with Crippen molar-refractivity contribution in [3.63, 3.8) is 0 Å². The molecule has 1 aliphatic heterocycles. The van der Waals surface area contributed by atoms with Gasteiger partial charge in [-0.05, 0) is 48.2 Å². The summed E-state index contributed by atoms with van der Waals surface area (Å²) in [4.78, 5) is 40.4. The molecule has 5 rings (SSSR count). The Kier molecular flexibility index (Phi) is 6.03. The lowest BCUT2D eigenvalue weighted by Gasteiger charge is -2.31. The number of carbonyl (C=O) groups excluding carboxylic acids is 1. The van der Waals surface area contributed by atoms with Gasteiger partial charge in [-0.1, -0.05) is 0 Å². The molecule has 0 unspecified atom stereocenters. The first-order valence-corrected chi connectivity index (χ1v) is 11.1. The van der Waals surface area contributed by atoms with Gasteiger partial charge in [0, 0.05) is 25.9 Å². The van der Waals surface area contributed by atoms with Crippen LogP contribution in [0.2, 0.25) is 0 Å². The van der Waals surface area contributed by atoms with Crippen molar-refractivity contribution in [2.24, 2.45) is 0 Å². The van der Waals surface area contributed by atoms with Crippen molar-refractivity contribution in [1.29, 1.82) is 0 Å². The number of oxazole rings is 1. The molecule has 1 saturated heterocycles. The largest absolute Gasteiger partial charge is 0.506 e. The van der Waals surface area contributed by atoms with E-state index in [1.807, 2.05) is 0 Å². The summed E-state index contributed by atoms with van der Waals surface area (Å²) in [5.41, 5.74) is 0.659. The molecule has 0 atom stereocenters. The summed E-state index contributed by atoms with van der Waals surface area (Å²) in [5.74, 6) is -0.602. The van der Waals surface area contributed by atoms with Crippen LogP contribution in [0.15, 0.2) is 33.5 Å². The normalized spacial score (nSPS) is 15.0. The second-order valence-corrected chi connectivity index (χ2v) is 8.65. The number of aliphatic hydroxyl groups is 2. The molecule has 1 aliphatic rings. The van der Waals surface area contributed by atoms with Crippen molar-refractivity contribution in [3.8, 4) is 16.9 Å². The summed E-state index contributed by atoms with van der Waals surface area (Å²) in [6.07, 6.45) is -4.00. The monoisotopic (exact) mass is 516 g/mol. The highest BCUT2D eigenvalue weighted by Crippen LogP contribution is 2.34. The van der Waals surface area contributed by atoms with Gasteiger partial charge >= 0.3 is 12.3 Å². The first-order valence-electron chi connectivity index (χ1n) is 11.1. The highest BCUT2D eigenvalue weighted by molar-refractivity contribution is 5.89. The Morgan fingerprint density at radius 1 is 1.16 bits per heavy atom. The molecule has 3 heterocycles. The summed E-state index contributed by atoms with van der Waals surface area (Å²) in [6, 6.07) is 5.68. The predicted octanol–water partition coefficient (Wildman–Crippen LogP) is 2.29. The minimum atomic E-state index is -3.48. The van der Waals surface area contributed by atoms with Gasteiger partial charge in [0.2, 0.25) is 0 Å². The van der Waals surface area contributed by atoms with Crippen LogP contribution in [0.25, 0.3) is 33.1 Å². The van der Waals surface area contributed by atoms with Crippen LogP contribution in [0.4, 0.5) is 9.18 Å². The highest BCUT2D eigenvalue weighted by Gasteiger charge is 2.35. The van der Waals surface area contributed by atoms with E-state index in [0.29, 0.717) is 35.4 Å². The van der Waals surface area contributed by atoms with E-state index in [9.17, 15) is 14.7 Å². The van der Waals surface area contributed by atoms with E-state index in [-0.39, 0.29) is 47.0 Å². The molecule has 0 bridgehead atoms. The smallest absolute Gasteiger partial charge is 0.485 e. The first kappa shape index (κ1) is 24.6. The number of aromatic hydroxyl groups is 1. The van der Waals surface area contributed by atoms with Crippen molar-refractivity contribution in [3.05, 3.63) is 52.2 Å². The number of rotatable bonds is 4. The van der Waals surface area contributed by atoms with Gasteiger partial charge < -0.3 is 34.4 Å². The number of phenolic OH excluding ortho intramolecular Hbond substituents is 1. The minimum absolute atomic E-state index is 0.0133. The second-order valence-electron chi connectivity index (χ2n) is 8.65. The van der Waals surface area contributed by atoms with Crippen molar-refractivity contribution in [1.82, 2.24) is 19.9 Å². The third-order valence-electron chi connectivity index (χ3n) is 6.18. The average molecular weight is 516 g/mol. The molecule has 2 aromatic heterocycles. The molecule has 0 spiro atoms. The molecular weight excluding hydrogens is 495 g/mol. The number of piperidine rings is 1. The molecule has 2 aromatic carbocycles. The molecule has 4 aromatic rings. The number of nitrogens with zero attached hydrogens (tertiary/aromatic N) is 3. The van der Waals surface area contributed by atoms with Crippen LogP contribution in [0.5, 0.6) is 5.75 Å². The Hall–Kier alpha value is -4.11. The molecule has 5 N–H and O–H groups in total. The van der Waals surface area contributed by atoms with E-state index in [2.05, 4.69) is 24.6 Å². The third-order valence-corrected chi connectivity index (χ3v) is 6.18. The van der Waals surface area contributed by atoms with Crippen LogP contribution in [0, 0.1) is 12.7 Å². The molecular formula is C23H21FN4O9. The number of carbonyl (C=O) groups is 1. The van der Waals surface area contributed by atoms with Crippen LogP contribution in [0.3, 0.4) is 0 Å². The maximum absolute atomic E-state index is 15.2. The van der Waals surface area contributed by atoms with Gasteiger partial charge in [-0.2, -0.15) is 0 Å². The van der Waals surface area contributed by atoms with Gasteiger partial charge in [0.15, 0.2) is 17.0 Å². The van der Waals surface area contributed by atoms with Crippen LogP contribution < -0.4 is 5.56 Å². The maximum atomic E-state index is 15.2. The second kappa shape index (κ2) is 9.08. The van der Waals surface area contributed by atoms with Crippen molar-refractivity contribution in [2.45, 2.75) is 31.8 Å². The van der Waals surface area contributed by atoms with Crippen LogP contribution in [-0.4, -0.2) is 65.8 Å². The lowest BCUT2D eigenvalue weighted by Crippen LogP contribution is -2.45. The van der Waals surface area contributed by atoms with Gasteiger partial charge in [0.25, 0.3) is 5.56 Å². The summed E-state index contributed by atoms with van der Waals surface area (Å²) < 4.78 is 24.9. The Balaban J connectivity index is 1.40. The molecule has 1 amide bonds. The number of aryl methyl sites for hydroxylation is 1. The summed E-state index contributed by atoms with van der Waals surface area (Å²) in [5, 5.41) is 36.8. The minimum Gasteiger partial charge on any atom is -0.506 e. The summed E-state index contributed by atoms with van der Waals surface area (Å²) >= 11 is 0. The summed E-state index contributed by atoms with van der Waals surface area (Å²) in [7, 11) is 0. The number of H-pyrrole nitrogens is 1. The van der Waals surface area contributed by atoms with Gasteiger partial charge in [-0.25, -0.2) is 24.4 Å². The van der Waals surface area contributed by atoms with Crippen molar-refractivity contribution >= 4 is 28.1 Å². The van der Waals surface area contributed by atoms with E-state index < -0.39 is 23.6 Å². The zero-order chi connectivity index (χ0) is 26.5. The Bertz CT molecular complexity index is 1570. The number of amides is 1. The van der Waals surface area contributed by atoms with E-state index in [4.69, 9.17) is 19.9 Å². The van der Waals surface area contributed by atoms with E-state index in [1.165, 1.54) is 18.2 Å². The Labute approximate surface area is 206 Å². The molecule has 1 fully saturated rings. The number of fused-ring (bicyclic) bond motifs is 2. The standard InChI is InChI=1S/C23H21FN4O9/c1-10-25-19-16(29)8-13(9-17(19)35-10)12-6-14-18(15(24)7-12)26-20(27-21(14)30)11-2-4-28(5-3-11)22(31)36-23(32,33)37-34/h6-9,11,29,32-34H,2-5H2,1H3,(H,26,27,30). The fraction of sp³-hybridized carbons (Fsp3) is 0.304. The zero-order valence-corrected chi connectivity index (χ0v) is 19.3. The van der Waals surface area contributed by atoms with Gasteiger partial charge in [0.1, 0.15) is 22.9 Å². The van der Waals surface area contributed by atoms with Crippen molar-refractivity contribution in [2.75, 3.05) is 13.1 Å². The SMILES string of the molecule is Cc1nc2c(O)cc(-c3cc(F)c4nc(C5CCN(C(=O)OC(O)(O)OO)CC5)[nH]c(=O)c4c3)cc2o1. The molecule has 0 aliphatic carbocycles. The van der Waals surface area contributed by atoms with Crippen LogP contribution in [-0.2, 0) is 9.62 Å². The fourth-order valence-electron chi connectivity index (χ4n) is 4.40. The number of hydrogen-bond donors (Lipinski definition) is 5. The van der Waals surface area contributed by atoms with Crippen molar-refractivity contribution < 1.29 is 43.8 Å². The van der Waals surface area contributed by atoms with Crippen LogP contribution in [0.1, 0.15) is 30.5 Å². The zero-order valence-electron chi connectivity index (χ0n) is 19.3.